The summed E-state index contributed by atoms with van der Waals surface area (Å²) in [5.74, 6) is 7.46. The molecule has 1 amide bonds. The van der Waals surface area contributed by atoms with Gasteiger partial charge in [0.2, 0.25) is 0 Å². The second-order valence-electron chi connectivity index (χ2n) is 7.64. The largest absolute Gasteiger partial charge is 0.493 e. The van der Waals surface area contributed by atoms with Crippen LogP contribution in [0.15, 0.2) is 36.7 Å². The summed E-state index contributed by atoms with van der Waals surface area (Å²) in [5.41, 5.74) is 5.36. The molecule has 1 aliphatic heterocycles. The molecule has 3 N–H and O–H groups in total. The number of fused-ring (bicyclic) bond motifs is 1. The van der Waals surface area contributed by atoms with E-state index >= 15 is 0 Å². The molecule has 1 saturated carbocycles. The molecule has 5 rings (SSSR count). The van der Waals surface area contributed by atoms with Crippen molar-refractivity contribution in [2.45, 2.75) is 19.3 Å². The van der Waals surface area contributed by atoms with E-state index < -0.39 is 0 Å². The molecule has 0 bridgehead atoms. The highest BCUT2D eigenvalue weighted by Crippen LogP contribution is 2.41. The maximum absolute atomic E-state index is 12.8. The molecule has 1 aliphatic carbocycles. The summed E-state index contributed by atoms with van der Waals surface area (Å²) < 4.78 is 5.50. The number of aromatic nitrogens is 2. The van der Waals surface area contributed by atoms with E-state index in [1.165, 1.54) is 0 Å². The Labute approximate surface area is 185 Å². The van der Waals surface area contributed by atoms with E-state index in [4.69, 9.17) is 16.3 Å². The monoisotopic (exact) mass is 432 g/mol. The number of rotatable bonds is 4. The minimum Gasteiger partial charge on any atom is -0.493 e. The minimum atomic E-state index is -0.119. The molecule has 0 saturated heterocycles. The molecule has 1 aromatic carbocycles. The highest BCUT2D eigenvalue weighted by molar-refractivity contribution is 6.32. The summed E-state index contributed by atoms with van der Waals surface area (Å²) in [6.07, 6.45) is 6.54. The van der Waals surface area contributed by atoms with Crippen LogP contribution in [0.1, 0.15) is 34.5 Å². The van der Waals surface area contributed by atoms with Gasteiger partial charge in [-0.3, -0.25) is 9.78 Å². The quantitative estimate of drug-likeness (QED) is 0.529. The van der Waals surface area contributed by atoms with Crippen molar-refractivity contribution in [3.05, 3.63) is 58.5 Å². The van der Waals surface area contributed by atoms with Gasteiger partial charge in [-0.15, -0.1) is 0 Å². The zero-order valence-electron chi connectivity index (χ0n) is 17.0. The maximum Gasteiger partial charge on any atom is 0.255 e. The fourth-order valence-electron chi connectivity index (χ4n) is 3.78. The van der Waals surface area contributed by atoms with E-state index in [-0.39, 0.29) is 5.91 Å². The molecule has 1 fully saturated rings. The van der Waals surface area contributed by atoms with E-state index in [2.05, 4.69) is 32.4 Å². The van der Waals surface area contributed by atoms with Crippen LogP contribution in [0.5, 0.6) is 5.75 Å². The topological polar surface area (TPSA) is 79.0 Å². The van der Waals surface area contributed by atoms with Crippen LogP contribution in [-0.2, 0) is 6.42 Å². The van der Waals surface area contributed by atoms with Gasteiger partial charge in [-0.2, -0.15) is 0 Å². The number of pyridine rings is 1. The van der Waals surface area contributed by atoms with Crippen LogP contribution < -0.4 is 15.4 Å². The van der Waals surface area contributed by atoms with Gasteiger partial charge in [0.1, 0.15) is 0 Å². The number of H-pyrrole nitrogens is 1. The van der Waals surface area contributed by atoms with E-state index in [1.54, 1.807) is 25.6 Å². The van der Waals surface area contributed by atoms with Crippen LogP contribution in [0.4, 0.5) is 11.4 Å². The molecule has 7 heteroatoms. The summed E-state index contributed by atoms with van der Waals surface area (Å²) in [4.78, 5) is 20.5. The average Bonchev–Trinajstić information content (AvgIpc) is 3.53. The van der Waals surface area contributed by atoms with E-state index in [1.807, 2.05) is 18.2 Å². The number of nitrogens with zero attached hydrogens (tertiary/aromatic N) is 1. The highest BCUT2D eigenvalue weighted by Gasteiger charge is 2.28. The first kappa shape index (κ1) is 19.5. The van der Waals surface area contributed by atoms with Gasteiger partial charge in [0.15, 0.2) is 5.75 Å². The Hall–Kier alpha value is -3.43. The summed E-state index contributed by atoms with van der Waals surface area (Å²) in [6, 6.07) is 7.40. The summed E-state index contributed by atoms with van der Waals surface area (Å²) in [6.45, 7) is 0.594. The van der Waals surface area contributed by atoms with E-state index in [0.717, 1.165) is 41.8 Å². The Bertz CT molecular complexity index is 1230. The third-order valence-electron chi connectivity index (χ3n) is 5.47. The van der Waals surface area contributed by atoms with Crippen LogP contribution in [0.3, 0.4) is 0 Å². The van der Waals surface area contributed by atoms with Gasteiger partial charge >= 0.3 is 0 Å². The van der Waals surface area contributed by atoms with Crippen LogP contribution >= 0.6 is 11.6 Å². The van der Waals surface area contributed by atoms with Gasteiger partial charge in [0.05, 0.1) is 40.3 Å². The number of carbonyl (C=O) groups is 1. The highest BCUT2D eigenvalue weighted by atomic mass is 35.5. The van der Waals surface area contributed by atoms with Gasteiger partial charge in [-0.05, 0) is 31.0 Å². The summed E-state index contributed by atoms with van der Waals surface area (Å²) >= 11 is 6.32. The number of halogens is 1. The molecule has 3 heterocycles. The lowest BCUT2D eigenvalue weighted by molar-refractivity contribution is 0.0947. The molecular formula is C24H21ClN4O2. The van der Waals surface area contributed by atoms with Crippen molar-refractivity contribution < 1.29 is 9.53 Å². The van der Waals surface area contributed by atoms with E-state index in [0.29, 0.717) is 40.2 Å². The number of carbonyl (C=O) groups excluding carboxylic acids is 1. The van der Waals surface area contributed by atoms with Crippen molar-refractivity contribution in [3.63, 3.8) is 0 Å². The predicted molar refractivity (Wildman–Crippen MR) is 121 cm³/mol. The van der Waals surface area contributed by atoms with Gasteiger partial charge in [0.25, 0.3) is 5.91 Å². The van der Waals surface area contributed by atoms with Gasteiger partial charge in [-0.25, -0.2) is 0 Å². The summed E-state index contributed by atoms with van der Waals surface area (Å²) in [7, 11) is 1.57. The second-order valence-corrected chi connectivity index (χ2v) is 8.05. The molecule has 2 aromatic heterocycles. The number of methoxy groups -OCH3 is 1. The number of ether oxygens (including phenoxy) is 1. The number of nitrogens with one attached hydrogen (secondary N) is 3. The SMILES string of the molecule is COc1c(Cl)cccc1Nc1c(-c2ccncc2C#CC2CC2)[nH]c2c1C(=O)NCC2. The van der Waals surface area contributed by atoms with Crippen molar-refractivity contribution >= 4 is 28.9 Å². The molecule has 0 atom stereocenters. The first-order chi connectivity index (χ1) is 15.2. The second kappa shape index (κ2) is 8.01. The third-order valence-corrected chi connectivity index (χ3v) is 5.77. The number of amides is 1. The zero-order valence-corrected chi connectivity index (χ0v) is 17.8. The molecule has 0 unspecified atom stereocenters. The molecule has 0 spiro atoms. The number of hydrogen-bond donors (Lipinski definition) is 3. The minimum absolute atomic E-state index is 0.119. The maximum atomic E-state index is 12.8. The average molecular weight is 433 g/mol. The van der Waals surface area contributed by atoms with Crippen LogP contribution in [-0.4, -0.2) is 29.5 Å². The molecule has 2 aliphatic rings. The van der Waals surface area contributed by atoms with Crippen LogP contribution in [0.25, 0.3) is 11.3 Å². The number of hydrogen-bond acceptors (Lipinski definition) is 4. The van der Waals surface area contributed by atoms with Crippen molar-refractivity contribution in [1.82, 2.24) is 15.3 Å². The van der Waals surface area contributed by atoms with Crippen LogP contribution in [0.2, 0.25) is 5.02 Å². The lowest BCUT2D eigenvalue weighted by atomic mass is 10.0. The fourth-order valence-corrected chi connectivity index (χ4v) is 4.03. The van der Waals surface area contributed by atoms with Crippen molar-refractivity contribution in [1.29, 1.82) is 0 Å². The van der Waals surface area contributed by atoms with E-state index in [9.17, 15) is 4.79 Å². The van der Waals surface area contributed by atoms with Gasteiger partial charge in [-0.1, -0.05) is 29.5 Å². The number of benzene rings is 1. The molecule has 156 valence electrons. The summed E-state index contributed by atoms with van der Waals surface area (Å²) in [5, 5.41) is 6.83. The Morgan fingerprint density at radius 1 is 1.29 bits per heavy atom. The van der Waals surface area contributed by atoms with Crippen LogP contribution in [0, 0.1) is 17.8 Å². The molecule has 3 aromatic rings. The Balaban J connectivity index is 1.67. The third kappa shape index (κ3) is 3.73. The molecule has 0 radical (unpaired) electrons. The molecule has 6 nitrogen and oxygen atoms in total. The van der Waals surface area contributed by atoms with Gasteiger partial charge < -0.3 is 20.4 Å². The van der Waals surface area contributed by atoms with Crippen molar-refractivity contribution in [2.24, 2.45) is 5.92 Å². The van der Waals surface area contributed by atoms with Crippen molar-refractivity contribution in [2.75, 3.05) is 19.0 Å². The molecule has 31 heavy (non-hydrogen) atoms. The Morgan fingerprint density at radius 3 is 2.97 bits per heavy atom. The lowest BCUT2D eigenvalue weighted by Gasteiger charge is -2.17. The predicted octanol–water partition coefficient (Wildman–Crippen LogP) is 4.53. The first-order valence-electron chi connectivity index (χ1n) is 10.2. The fraction of sp³-hybridized carbons (Fsp3) is 0.250. The molecular weight excluding hydrogens is 412 g/mol. The zero-order chi connectivity index (χ0) is 21.4. The number of anilines is 2. The first-order valence-corrected chi connectivity index (χ1v) is 10.6. The smallest absolute Gasteiger partial charge is 0.255 e. The van der Waals surface area contributed by atoms with Gasteiger partial charge in [0, 0.05) is 42.5 Å². The van der Waals surface area contributed by atoms with Crippen molar-refractivity contribution in [3.8, 4) is 28.8 Å². The number of aromatic amines is 1. The lowest BCUT2D eigenvalue weighted by Crippen LogP contribution is -2.31. The Morgan fingerprint density at radius 2 is 2.16 bits per heavy atom. The number of para-hydroxylation sites is 1. The normalized spacial score (nSPS) is 14.8. The Kier molecular flexibility index (Phi) is 5.05. The standard InChI is InChI=1S/C24H21ClN4O2/c1-31-23-17(25)3-2-4-19(23)29-22-20-18(10-12-27-24(20)30)28-21(22)16-9-11-26-13-15(16)8-7-14-5-6-14/h2-4,9,11,13-14,28-29H,5-6,10,12H2,1H3,(H,27,30).